The molecule has 0 heterocycles. The van der Waals surface area contributed by atoms with E-state index in [-0.39, 0.29) is 13.0 Å². The van der Waals surface area contributed by atoms with Gasteiger partial charge in [-0.2, -0.15) is 0 Å². The van der Waals surface area contributed by atoms with Crippen LogP contribution in [0.1, 0.15) is 24.5 Å². The lowest BCUT2D eigenvalue weighted by Gasteiger charge is -2.25. The van der Waals surface area contributed by atoms with Crippen LogP contribution >= 0.6 is 0 Å². The Morgan fingerprint density at radius 2 is 1.68 bits per heavy atom. The minimum Gasteiger partial charge on any atom is -0.464 e. The molecule has 0 aromatic heterocycles. The number of hydrogen-bond acceptors (Lipinski definition) is 3. The van der Waals surface area contributed by atoms with Crippen molar-refractivity contribution in [3.63, 3.8) is 0 Å². The Bertz CT molecular complexity index is 620. The summed E-state index contributed by atoms with van der Waals surface area (Å²) in [6.45, 7) is 1.96. The van der Waals surface area contributed by atoms with E-state index in [2.05, 4.69) is 0 Å². The maximum atomic E-state index is 12.2. The third kappa shape index (κ3) is 3.83. The largest absolute Gasteiger partial charge is 0.464 e. The second-order valence-corrected chi connectivity index (χ2v) is 4.96. The van der Waals surface area contributed by atoms with Crippen LogP contribution in [0.2, 0.25) is 0 Å². The fraction of sp³-hybridized carbons (Fsp3) is 0.211. The van der Waals surface area contributed by atoms with Gasteiger partial charge in [0.1, 0.15) is 0 Å². The van der Waals surface area contributed by atoms with E-state index in [0.717, 1.165) is 5.56 Å². The molecule has 0 bridgehead atoms. The van der Waals surface area contributed by atoms with Crippen LogP contribution in [0.5, 0.6) is 0 Å². The summed E-state index contributed by atoms with van der Waals surface area (Å²) >= 11 is 0. The van der Waals surface area contributed by atoms with Gasteiger partial charge in [-0.05, 0) is 18.1 Å². The first-order valence-electron chi connectivity index (χ1n) is 7.33. The average Bonchev–Trinajstić information content (AvgIpc) is 2.56. The number of benzene rings is 2. The van der Waals surface area contributed by atoms with E-state index < -0.39 is 11.6 Å². The van der Waals surface area contributed by atoms with Gasteiger partial charge in [0, 0.05) is 6.42 Å². The highest BCUT2D eigenvalue weighted by Gasteiger charge is 2.38. The molecule has 2 aromatic carbocycles. The van der Waals surface area contributed by atoms with Crippen LogP contribution in [0.3, 0.4) is 0 Å². The van der Waals surface area contributed by atoms with Crippen molar-refractivity contribution in [2.75, 3.05) is 6.61 Å². The van der Waals surface area contributed by atoms with Gasteiger partial charge in [-0.25, -0.2) is 4.79 Å². The van der Waals surface area contributed by atoms with E-state index in [4.69, 9.17) is 4.74 Å². The first kappa shape index (κ1) is 16.0. The highest BCUT2D eigenvalue weighted by Crippen LogP contribution is 2.27. The molecule has 0 saturated heterocycles. The Balaban J connectivity index is 2.22. The lowest BCUT2D eigenvalue weighted by atomic mass is 9.90. The molecule has 3 heteroatoms. The van der Waals surface area contributed by atoms with Gasteiger partial charge in [0.2, 0.25) is 0 Å². The molecule has 2 aromatic rings. The first-order chi connectivity index (χ1) is 10.7. The summed E-state index contributed by atoms with van der Waals surface area (Å²) in [5.74, 6) is -0.626. The van der Waals surface area contributed by atoms with E-state index in [1.165, 1.54) is 0 Å². The van der Waals surface area contributed by atoms with Crippen LogP contribution in [0.15, 0.2) is 66.7 Å². The molecular weight excluding hydrogens is 276 g/mol. The predicted octanol–water partition coefficient (Wildman–Crippen LogP) is 3.54. The smallest absolute Gasteiger partial charge is 0.343 e. The zero-order valence-corrected chi connectivity index (χ0v) is 12.6. The Labute approximate surface area is 130 Å². The maximum Gasteiger partial charge on any atom is 0.343 e. The fourth-order valence-electron chi connectivity index (χ4n) is 2.21. The summed E-state index contributed by atoms with van der Waals surface area (Å²) in [4.78, 5) is 12.2. The van der Waals surface area contributed by atoms with Gasteiger partial charge in [0.05, 0.1) is 6.61 Å². The normalized spacial score (nSPS) is 13.7. The van der Waals surface area contributed by atoms with Crippen LogP contribution in [0, 0.1) is 0 Å². The molecule has 1 N–H and O–H groups in total. The maximum absolute atomic E-state index is 12.2. The molecular formula is C19H20O3. The minimum absolute atomic E-state index is 0.157. The number of aliphatic hydroxyl groups is 1. The van der Waals surface area contributed by atoms with Crippen LogP contribution in [-0.4, -0.2) is 17.7 Å². The lowest BCUT2D eigenvalue weighted by molar-refractivity contribution is -0.166. The van der Waals surface area contributed by atoms with Gasteiger partial charge in [-0.15, -0.1) is 0 Å². The van der Waals surface area contributed by atoms with Crippen LogP contribution in [0.25, 0.3) is 6.08 Å². The van der Waals surface area contributed by atoms with E-state index in [0.29, 0.717) is 5.56 Å². The highest BCUT2D eigenvalue weighted by molar-refractivity contribution is 5.81. The number of carbonyl (C=O) groups is 1. The van der Waals surface area contributed by atoms with Crippen LogP contribution in [-0.2, 0) is 15.1 Å². The molecule has 0 radical (unpaired) electrons. The fourth-order valence-corrected chi connectivity index (χ4v) is 2.21. The van der Waals surface area contributed by atoms with Gasteiger partial charge in [-0.1, -0.05) is 72.8 Å². The van der Waals surface area contributed by atoms with Crippen molar-refractivity contribution in [1.82, 2.24) is 0 Å². The molecule has 22 heavy (non-hydrogen) atoms. The van der Waals surface area contributed by atoms with Crippen molar-refractivity contribution in [1.29, 1.82) is 0 Å². The molecule has 1 unspecified atom stereocenters. The van der Waals surface area contributed by atoms with Crippen molar-refractivity contribution < 1.29 is 14.6 Å². The number of rotatable bonds is 6. The third-order valence-corrected chi connectivity index (χ3v) is 3.39. The topological polar surface area (TPSA) is 46.5 Å². The lowest BCUT2D eigenvalue weighted by Crippen LogP contribution is -2.37. The monoisotopic (exact) mass is 296 g/mol. The Kier molecular flexibility index (Phi) is 5.50. The molecule has 0 aliphatic rings. The molecule has 0 aliphatic carbocycles. The average molecular weight is 296 g/mol. The number of esters is 1. The van der Waals surface area contributed by atoms with E-state index >= 15 is 0 Å². The van der Waals surface area contributed by atoms with Crippen molar-refractivity contribution in [2.24, 2.45) is 0 Å². The SMILES string of the molecule is CCOC(=O)C(O)(C/C=C/c1ccccc1)c1ccccc1. The van der Waals surface area contributed by atoms with Gasteiger partial charge < -0.3 is 9.84 Å². The first-order valence-corrected chi connectivity index (χ1v) is 7.33. The Morgan fingerprint density at radius 3 is 2.27 bits per heavy atom. The predicted molar refractivity (Wildman–Crippen MR) is 87.1 cm³/mol. The van der Waals surface area contributed by atoms with Crippen molar-refractivity contribution in [3.05, 3.63) is 77.9 Å². The van der Waals surface area contributed by atoms with Crippen LogP contribution < -0.4 is 0 Å². The number of ether oxygens (including phenoxy) is 1. The minimum atomic E-state index is -1.66. The molecule has 2 rings (SSSR count). The molecule has 0 amide bonds. The number of carbonyl (C=O) groups excluding carboxylic acids is 1. The highest BCUT2D eigenvalue weighted by atomic mass is 16.5. The summed E-state index contributed by atoms with van der Waals surface area (Å²) in [5, 5.41) is 10.8. The molecule has 114 valence electrons. The standard InChI is InChI=1S/C19H20O3/c1-2-22-18(20)19(21,17-13-7-4-8-14-17)15-9-12-16-10-5-3-6-11-16/h3-14,21H,2,15H2,1H3/b12-9+. The van der Waals surface area contributed by atoms with Gasteiger partial charge >= 0.3 is 5.97 Å². The quantitative estimate of drug-likeness (QED) is 0.829. The Morgan fingerprint density at radius 1 is 1.09 bits per heavy atom. The summed E-state index contributed by atoms with van der Waals surface area (Å²) in [6.07, 6.45) is 3.83. The molecule has 0 spiro atoms. The van der Waals surface area contributed by atoms with E-state index in [9.17, 15) is 9.90 Å². The van der Waals surface area contributed by atoms with Crippen molar-refractivity contribution in [3.8, 4) is 0 Å². The van der Waals surface area contributed by atoms with Crippen LogP contribution in [0.4, 0.5) is 0 Å². The van der Waals surface area contributed by atoms with Gasteiger partial charge in [0.25, 0.3) is 0 Å². The van der Waals surface area contributed by atoms with E-state index in [1.54, 1.807) is 37.3 Å². The zero-order chi connectivity index (χ0) is 15.8. The second-order valence-electron chi connectivity index (χ2n) is 4.96. The van der Waals surface area contributed by atoms with Gasteiger partial charge in [0.15, 0.2) is 5.60 Å². The van der Waals surface area contributed by atoms with Crippen molar-refractivity contribution in [2.45, 2.75) is 18.9 Å². The summed E-state index contributed by atoms with van der Waals surface area (Å²) in [7, 11) is 0. The third-order valence-electron chi connectivity index (χ3n) is 3.39. The zero-order valence-electron chi connectivity index (χ0n) is 12.6. The Hall–Kier alpha value is -2.39. The molecule has 3 nitrogen and oxygen atoms in total. The molecule has 1 atom stereocenters. The van der Waals surface area contributed by atoms with Crippen molar-refractivity contribution >= 4 is 12.0 Å². The summed E-state index contributed by atoms with van der Waals surface area (Å²) < 4.78 is 5.04. The van der Waals surface area contributed by atoms with E-state index in [1.807, 2.05) is 42.5 Å². The molecule has 0 fully saturated rings. The van der Waals surface area contributed by atoms with Gasteiger partial charge in [-0.3, -0.25) is 0 Å². The number of hydrogen-bond donors (Lipinski definition) is 1. The summed E-state index contributed by atoms with van der Waals surface area (Å²) in [5.41, 5.74) is -0.115. The molecule has 0 aliphatic heterocycles. The second kappa shape index (κ2) is 7.57. The molecule has 0 saturated carbocycles. The summed E-state index contributed by atoms with van der Waals surface area (Å²) in [6, 6.07) is 18.6.